The Bertz CT molecular complexity index is 595. The highest BCUT2D eigenvalue weighted by Crippen LogP contribution is 2.16. The summed E-state index contributed by atoms with van der Waals surface area (Å²) in [6.45, 7) is 1.98. The number of halogens is 1. The van der Waals surface area contributed by atoms with Gasteiger partial charge >= 0.3 is 0 Å². The fraction of sp³-hybridized carbons (Fsp3) is 0.333. The summed E-state index contributed by atoms with van der Waals surface area (Å²) in [5.41, 5.74) is 0.416. The molecule has 0 radical (unpaired) electrons. The fourth-order valence-corrected chi connectivity index (χ4v) is 2.18. The molecule has 0 aliphatic carbocycles. The molecule has 0 N–H and O–H groups in total. The van der Waals surface area contributed by atoms with E-state index in [1.807, 2.05) is 0 Å². The highest BCUT2D eigenvalue weighted by atomic mass is 35.5. The van der Waals surface area contributed by atoms with Crippen molar-refractivity contribution in [3.8, 4) is 6.01 Å². The zero-order chi connectivity index (χ0) is 12.4. The van der Waals surface area contributed by atoms with Gasteiger partial charge in [-0.1, -0.05) is 11.3 Å². The third-order valence-electron chi connectivity index (χ3n) is 2.02. The Morgan fingerprint density at radius 2 is 2.29 bits per heavy atom. The molecule has 2 aromatic rings. The van der Waals surface area contributed by atoms with E-state index in [-0.39, 0.29) is 18.1 Å². The number of nitrogens with zero attached hydrogens (tertiary/aromatic N) is 4. The molecule has 0 bridgehead atoms. The summed E-state index contributed by atoms with van der Waals surface area (Å²) in [6.07, 6.45) is 0. The van der Waals surface area contributed by atoms with Gasteiger partial charge in [-0.25, -0.2) is 4.98 Å². The van der Waals surface area contributed by atoms with E-state index in [9.17, 15) is 4.79 Å². The molecule has 0 aromatic carbocycles. The lowest BCUT2D eigenvalue weighted by atomic mass is 10.4. The van der Waals surface area contributed by atoms with Crippen LogP contribution in [0.5, 0.6) is 6.01 Å². The van der Waals surface area contributed by atoms with Crippen LogP contribution in [0.2, 0.25) is 4.47 Å². The van der Waals surface area contributed by atoms with E-state index in [1.54, 1.807) is 6.92 Å². The molecular weight excluding hydrogens is 264 g/mol. The predicted octanol–water partition coefficient (Wildman–Crippen LogP) is 1.11. The Balaban J connectivity index is 2.41. The number of hydrogen-bond acceptors (Lipinski definition) is 6. The van der Waals surface area contributed by atoms with Gasteiger partial charge in [-0.3, -0.25) is 9.36 Å². The van der Waals surface area contributed by atoms with Gasteiger partial charge in [0.05, 0.1) is 13.7 Å². The summed E-state index contributed by atoms with van der Waals surface area (Å²) in [7, 11) is 1.46. The van der Waals surface area contributed by atoms with Crippen LogP contribution in [0.3, 0.4) is 0 Å². The highest BCUT2D eigenvalue weighted by Gasteiger charge is 2.10. The lowest BCUT2D eigenvalue weighted by molar-refractivity contribution is 0.349. The second-order valence-corrected chi connectivity index (χ2v) is 4.90. The van der Waals surface area contributed by atoms with Crippen molar-refractivity contribution in [2.24, 2.45) is 0 Å². The van der Waals surface area contributed by atoms with Crippen molar-refractivity contribution >= 4 is 22.9 Å². The molecule has 90 valence electrons. The Morgan fingerprint density at radius 1 is 1.53 bits per heavy atom. The maximum absolute atomic E-state index is 11.8. The van der Waals surface area contributed by atoms with Crippen molar-refractivity contribution in [2.45, 2.75) is 13.5 Å². The number of aromatic nitrogens is 4. The van der Waals surface area contributed by atoms with Gasteiger partial charge in [-0.2, -0.15) is 0 Å². The van der Waals surface area contributed by atoms with Crippen LogP contribution >= 0.6 is 22.9 Å². The summed E-state index contributed by atoms with van der Waals surface area (Å²) in [5, 5.41) is 8.14. The molecule has 0 saturated carbocycles. The van der Waals surface area contributed by atoms with E-state index >= 15 is 0 Å². The first-order valence-electron chi connectivity index (χ1n) is 4.70. The molecule has 0 saturated heterocycles. The van der Waals surface area contributed by atoms with Crippen molar-refractivity contribution in [3.63, 3.8) is 0 Å². The highest BCUT2D eigenvalue weighted by molar-refractivity contribution is 7.15. The molecule has 2 heterocycles. The van der Waals surface area contributed by atoms with Crippen molar-refractivity contribution in [2.75, 3.05) is 7.11 Å². The van der Waals surface area contributed by atoms with Crippen LogP contribution in [-0.2, 0) is 6.54 Å². The van der Waals surface area contributed by atoms with Crippen LogP contribution in [-0.4, -0.2) is 26.9 Å². The molecule has 0 aliphatic heterocycles. The van der Waals surface area contributed by atoms with Crippen LogP contribution in [0.1, 0.15) is 10.7 Å². The number of rotatable bonds is 3. The third-order valence-corrected chi connectivity index (χ3v) is 3.02. The largest absolute Gasteiger partial charge is 0.468 e. The van der Waals surface area contributed by atoms with Gasteiger partial charge in [0.1, 0.15) is 5.01 Å². The Kier molecular flexibility index (Phi) is 3.39. The average Bonchev–Trinajstić information content (AvgIpc) is 2.67. The molecule has 2 rings (SSSR count). The lowest BCUT2D eigenvalue weighted by Gasteiger charge is -2.08. The van der Waals surface area contributed by atoms with Gasteiger partial charge in [-0.05, 0) is 18.5 Å². The zero-order valence-corrected chi connectivity index (χ0v) is 10.7. The molecular formula is C9H9ClN4O2S. The first-order chi connectivity index (χ1) is 8.10. The minimum atomic E-state index is -0.194. The van der Waals surface area contributed by atoms with Crippen LogP contribution in [0.4, 0.5) is 0 Å². The Labute approximate surface area is 106 Å². The molecule has 17 heavy (non-hydrogen) atoms. The lowest BCUT2D eigenvalue weighted by Crippen LogP contribution is -2.23. The molecule has 0 fully saturated rings. The number of methoxy groups -OCH3 is 1. The van der Waals surface area contributed by atoms with Gasteiger partial charge in [0.25, 0.3) is 11.6 Å². The monoisotopic (exact) mass is 272 g/mol. The second-order valence-electron chi connectivity index (χ2n) is 3.26. The summed E-state index contributed by atoms with van der Waals surface area (Å²) < 4.78 is 6.78. The zero-order valence-electron chi connectivity index (χ0n) is 9.18. The van der Waals surface area contributed by atoms with Crippen molar-refractivity contribution in [1.82, 2.24) is 19.7 Å². The molecule has 0 unspecified atom stereocenters. The van der Waals surface area contributed by atoms with Gasteiger partial charge in [0, 0.05) is 11.8 Å². The predicted molar refractivity (Wildman–Crippen MR) is 63.8 cm³/mol. The van der Waals surface area contributed by atoms with Gasteiger partial charge in [0.2, 0.25) is 4.47 Å². The van der Waals surface area contributed by atoms with Crippen LogP contribution in [0.25, 0.3) is 0 Å². The summed E-state index contributed by atoms with van der Waals surface area (Å²) in [6, 6.07) is 1.69. The molecule has 0 aliphatic rings. The minimum Gasteiger partial charge on any atom is -0.468 e. The van der Waals surface area contributed by atoms with E-state index in [1.165, 1.54) is 29.1 Å². The van der Waals surface area contributed by atoms with E-state index in [0.29, 0.717) is 15.2 Å². The topological polar surface area (TPSA) is 69.9 Å². The standard InChI is InChI=1S/C9H9ClN4O2S/c1-5-3-7(15)14(9(11-5)16-2)4-6-12-13-8(10)17-6/h3H,4H2,1-2H3. The van der Waals surface area contributed by atoms with Crippen molar-refractivity contribution in [3.05, 3.63) is 31.6 Å². The molecule has 2 aromatic heterocycles. The molecule has 0 spiro atoms. The summed E-state index contributed by atoms with van der Waals surface area (Å²) in [5.74, 6) is 0. The Hall–Kier alpha value is -1.47. The molecule has 6 nitrogen and oxygen atoms in total. The summed E-state index contributed by atoms with van der Waals surface area (Å²) in [4.78, 5) is 15.9. The fourth-order valence-electron chi connectivity index (χ4n) is 1.33. The van der Waals surface area contributed by atoms with Gasteiger partial charge in [0.15, 0.2) is 0 Å². The normalized spacial score (nSPS) is 10.5. The third kappa shape index (κ3) is 2.62. The quantitative estimate of drug-likeness (QED) is 0.837. The maximum atomic E-state index is 11.8. The van der Waals surface area contributed by atoms with Crippen LogP contribution < -0.4 is 10.3 Å². The molecule has 0 amide bonds. The first-order valence-corrected chi connectivity index (χ1v) is 5.90. The van der Waals surface area contributed by atoms with E-state index < -0.39 is 0 Å². The van der Waals surface area contributed by atoms with Crippen LogP contribution in [0.15, 0.2) is 10.9 Å². The van der Waals surface area contributed by atoms with Crippen LogP contribution in [0, 0.1) is 6.92 Å². The number of ether oxygens (including phenoxy) is 1. The van der Waals surface area contributed by atoms with E-state index in [2.05, 4.69) is 15.2 Å². The average molecular weight is 273 g/mol. The molecule has 0 atom stereocenters. The minimum absolute atomic E-state index is 0.194. The first kappa shape index (κ1) is 12.0. The maximum Gasteiger partial charge on any atom is 0.299 e. The number of aryl methyl sites for hydroxylation is 1. The van der Waals surface area contributed by atoms with Crippen molar-refractivity contribution < 1.29 is 4.74 Å². The number of hydrogen-bond donors (Lipinski definition) is 0. The second kappa shape index (κ2) is 4.80. The van der Waals surface area contributed by atoms with Gasteiger partial charge in [-0.15, -0.1) is 10.2 Å². The van der Waals surface area contributed by atoms with Gasteiger partial charge < -0.3 is 4.74 Å². The van der Waals surface area contributed by atoms with E-state index in [0.717, 1.165) is 0 Å². The molecule has 8 heteroatoms. The van der Waals surface area contributed by atoms with Crippen molar-refractivity contribution in [1.29, 1.82) is 0 Å². The smallest absolute Gasteiger partial charge is 0.299 e. The Morgan fingerprint density at radius 3 is 2.88 bits per heavy atom. The SMILES string of the molecule is COc1nc(C)cc(=O)n1Cc1nnc(Cl)s1. The van der Waals surface area contributed by atoms with E-state index in [4.69, 9.17) is 16.3 Å². The summed E-state index contributed by atoms with van der Waals surface area (Å²) >= 11 is 6.89.